The molecule has 0 saturated carbocycles. The smallest absolute Gasteiger partial charge is 0.289 e. The Labute approximate surface area is 278 Å². The van der Waals surface area contributed by atoms with Crippen LogP contribution in [0.3, 0.4) is 0 Å². The molecule has 0 bridgehead atoms. The predicted octanol–water partition coefficient (Wildman–Crippen LogP) is 4.69. The fourth-order valence-electron chi connectivity index (χ4n) is 4.63. The van der Waals surface area contributed by atoms with E-state index < -0.39 is 5.92 Å². The summed E-state index contributed by atoms with van der Waals surface area (Å²) in [6.07, 6.45) is 5.22. The second kappa shape index (κ2) is 17.3. The van der Waals surface area contributed by atoms with Gasteiger partial charge in [-0.2, -0.15) is 13.9 Å². The fraction of sp³-hybridized carbons (Fsp3) is 0.306. The molecule has 1 aromatic heterocycles. The number of aromatic nitrogens is 2. The van der Waals surface area contributed by atoms with Crippen LogP contribution in [0.1, 0.15) is 54.0 Å². The monoisotopic (exact) mass is 654 g/mol. The summed E-state index contributed by atoms with van der Waals surface area (Å²) >= 11 is 12.0. The van der Waals surface area contributed by atoms with Crippen molar-refractivity contribution in [2.45, 2.75) is 52.1 Å². The minimum absolute atomic E-state index is 0.0652. The first-order valence-corrected chi connectivity index (χ1v) is 14.7. The van der Waals surface area contributed by atoms with Crippen molar-refractivity contribution in [1.29, 1.82) is 0 Å². The number of terminal acetylenes is 1. The third-order valence-corrected chi connectivity index (χ3v) is 7.40. The molecule has 46 heavy (non-hydrogen) atoms. The molecule has 2 aliphatic rings. The van der Waals surface area contributed by atoms with Gasteiger partial charge in [-0.1, -0.05) is 29.1 Å². The number of rotatable bonds is 3. The molecule has 2 aromatic rings. The van der Waals surface area contributed by atoms with Crippen molar-refractivity contribution < 1.29 is 18.4 Å². The minimum Gasteiger partial charge on any atom is -0.356 e. The number of nitrogens with one attached hydrogen (secondary N) is 1. The van der Waals surface area contributed by atoms with Crippen LogP contribution in [0, 0.1) is 89.3 Å². The topological polar surface area (TPSA) is 67.2 Å². The summed E-state index contributed by atoms with van der Waals surface area (Å²) in [4.78, 5) is 25.7. The van der Waals surface area contributed by atoms with E-state index in [0.29, 0.717) is 47.9 Å². The van der Waals surface area contributed by atoms with Gasteiger partial charge < -0.3 is 10.2 Å². The van der Waals surface area contributed by atoms with Gasteiger partial charge in [-0.25, -0.2) is 0 Å². The van der Waals surface area contributed by atoms with Crippen LogP contribution in [0.15, 0.2) is 18.2 Å². The summed E-state index contributed by atoms with van der Waals surface area (Å²) < 4.78 is 31.6. The first-order valence-electron chi connectivity index (χ1n) is 13.9. The normalized spacial score (nSPS) is 14.6. The van der Waals surface area contributed by atoms with Gasteiger partial charge in [0.05, 0.1) is 15.7 Å². The number of nitrogens with zero attached hydrogens (tertiary/aromatic N) is 3. The molecule has 1 N–H and O–H groups in total. The van der Waals surface area contributed by atoms with Crippen molar-refractivity contribution >= 4 is 35.0 Å². The van der Waals surface area contributed by atoms with Gasteiger partial charge in [0, 0.05) is 57.1 Å². The lowest BCUT2D eigenvalue weighted by Gasteiger charge is -2.28. The van der Waals surface area contributed by atoms with E-state index in [-0.39, 0.29) is 47.8 Å². The number of hydrogen-bond acceptors (Lipinski definition) is 3. The van der Waals surface area contributed by atoms with E-state index in [1.54, 1.807) is 24.0 Å². The zero-order chi connectivity index (χ0) is 33.5. The van der Waals surface area contributed by atoms with Gasteiger partial charge in [0.1, 0.15) is 5.69 Å². The summed E-state index contributed by atoms with van der Waals surface area (Å²) in [5.74, 6) is 28.3. The van der Waals surface area contributed by atoms with Crippen molar-refractivity contribution in [2.24, 2.45) is 5.92 Å². The predicted molar refractivity (Wildman–Crippen MR) is 174 cm³/mol. The van der Waals surface area contributed by atoms with E-state index in [1.165, 1.54) is 17.7 Å². The standard InChI is InChI=1S/C21H22Cl2F2N4O2.C15H4/c1-12(30)26-9-13-4-6-21(24,25)19-15-11-28(7-5-18(15)27-29(19)10-13)20(31)14-2-3-16(22)17(23)8-14;1-3-5-7-9-11-13-15-14-12-10-8-6-4-2/h2-3,8,13H,4-7,9-11H2,1H3,(H,26,30);1H,2H3. The SMILES string of the molecule is C#CC#CC#CC#CC#CC#CC#CC.CC(=O)NCC1CCC(F)(F)c2c3c(nn2C1)CCN(C(=O)c1ccc(Cl)c(Cl)c1)C3. The van der Waals surface area contributed by atoms with Gasteiger partial charge in [-0.15, -0.1) is 6.42 Å². The molecule has 0 radical (unpaired) electrons. The molecule has 1 aromatic carbocycles. The van der Waals surface area contributed by atoms with Crippen molar-refractivity contribution in [3.63, 3.8) is 0 Å². The van der Waals surface area contributed by atoms with E-state index in [4.69, 9.17) is 29.6 Å². The zero-order valence-electron chi connectivity index (χ0n) is 25.0. The van der Waals surface area contributed by atoms with Gasteiger partial charge in [-0.3, -0.25) is 14.3 Å². The lowest BCUT2D eigenvalue weighted by atomic mass is 9.97. The molecule has 4 rings (SSSR count). The van der Waals surface area contributed by atoms with Crippen molar-refractivity contribution in [3.05, 3.63) is 50.8 Å². The van der Waals surface area contributed by atoms with Crippen molar-refractivity contribution in [1.82, 2.24) is 20.0 Å². The maximum absolute atomic E-state index is 15.1. The number of carbonyl (C=O) groups is 2. The Balaban J connectivity index is 0.000000326. The molecule has 230 valence electrons. The molecule has 10 heteroatoms. The molecule has 3 heterocycles. The molecule has 2 amide bonds. The Hall–Kier alpha value is -5.27. The highest BCUT2D eigenvalue weighted by Crippen LogP contribution is 2.41. The van der Waals surface area contributed by atoms with Gasteiger partial charge in [0.2, 0.25) is 5.91 Å². The third-order valence-electron chi connectivity index (χ3n) is 6.66. The van der Waals surface area contributed by atoms with Crippen LogP contribution >= 0.6 is 23.2 Å². The second-order valence-electron chi connectivity index (χ2n) is 9.88. The number of halogens is 4. The summed E-state index contributed by atoms with van der Waals surface area (Å²) in [6, 6.07) is 4.61. The summed E-state index contributed by atoms with van der Waals surface area (Å²) in [7, 11) is 0. The lowest BCUT2D eigenvalue weighted by molar-refractivity contribution is -0.119. The second-order valence-corrected chi connectivity index (χ2v) is 10.7. The molecule has 0 fully saturated rings. The Morgan fingerprint density at radius 2 is 1.65 bits per heavy atom. The van der Waals surface area contributed by atoms with Crippen LogP contribution in [0.2, 0.25) is 10.0 Å². The Bertz CT molecular complexity index is 1940. The first-order chi connectivity index (χ1) is 22.1. The molecule has 2 aliphatic heterocycles. The Morgan fingerprint density at radius 1 is 1.02 bits per heavy atom. The van der Waals surface area contributed by atoms with Crippen LogP contribution < -0.4 is 5.32 Å². The Morgan fingerprint density at radius 3 is 2.24 bits per heavy atom. The van der Waals surface area contributed by atoms with Crippen LogP contribution in [0.5, 0.6) is 0 Å². The molecule has 1 unspecified atom stereocenters. The lowest BCUT2D eigenvalue weighted by Crippen LogP contribution is -2.36. The van der Waals surface area contributed by atoms with E-state index in [9.17, 15) is 9.59 Å². The summed E-state index contributed by atoms with van der Waals surface area (Å²) in [5.41, 5.74) is 1.27. The average molecular weight is 656 g/mol. The number of fused-ring (bicyclic) bond motifs is 3. The third kappa shape index (κ3) is 10.1. The molecule has 0 aliphatic carbocycles. The van der Waals surface area contributed by atoms with Gasteiger partial charge >= 0.3 is 0 Å². The molecule has 6 nitrogen and oxygen atoms in total. The van der Waals surface area contributed by atoms with Gasteiger partial charge in [-0.05, 0) is 109 Å². The van der Waals surface area contributed by atoms with Gasteiger partial charge in [0.15, 0.2) is 0 Å². The maximum Gasteiger partial charge on any atom is 0.289 e. The summed E-state index contributed by atoms with van der Waals surface area (Å²) in [6.45, 7) is 4.19. The van der Waals surface area contributed by atoms with Crippen LogP contribution in [0.4, 0.5) is 8.78 Å². The average Bonchev–Trinajstić information content (AvgIpc) is 3.34. The zero-order valence-corrected chi connectivity index (χ0v) is 26.5. The Kier molecular flexibility index (Phi) is 13.2. The minimum atomic E-state index is -3.05. The largest absolute Gasteiger partial charge is 0.356 e. The van der Waals surface area contributed by atoms with Crippen LogP contribution in [-0.2, 0) is 30.2 Å². The van der Waals surface area contributed by atoms with E-state index >= 15 is 8.78 Å². The number of hydrogen-bond donors (Lipinski definition) is 1. The number of benzene rings is 1. The molecular weight excluding hydrogens is 629 g/mol. The van der Waals surface area contributed by atoms with Gasteiger partial charge in [0.25, 0.3) is 11.8 Å². The highest BCUT2D eigenvalue weighted by molar-refractivity contribution is 6.42. The maximum atomic E-state index is 15.1. The highest BCUT2D eigenvalue weighted by Gasteiger charge is 2.43. The molecule has 0 spiro atoms. The van der Waals surface area contributed by atoms with Crippen LogP contribution in [0.25, 0.3) is 0 Å². The van der Waals surface area contributed by atoms with E-state index in [1.807, 2.05) is 0 Å². The van der Waals surface area contributed by atoms with Crippen LogP contribution in [-0.4, -0.2) is 39.6 Å². The molecule has 1 atom stereocenters. The quantitative estimate of drug-likeness (QED) is 0.489. The highest BCUT2D eigenvalue weighted by atomic mass is 35.5. The summed E-state index contributed by atoms with van der Waals surface area (Å²) in [5, 5.41) is 7.78. The first kappa shape index (κ1) is 35.2. The van der Waals surface area contributed by atoms with E-state index in [2.05, 4.69) is 87.4 Å². The van der Waals surface area contributed by atoms with E-state index in [0.717, 1.165) is 0 Å². The van der Waals surface area contributed by atoms with Crippen molar-refractivity contribution in [2.75, 3.05) is 13.1 Å². The molecule has 0 saturated heterocycles. The van der Waals surface area contributed by atoms with Crippen molar-refractivity contribution in [3.8, 4) is 83.4 Å². The number of alkyl halides is 2. The number of carbonyl (C=O) groups excluding carboxylic acids is 2. The number of amides is 2. The fourth-order valence-corrected chi connectivity index (χ4v) is 4.93. The molecular formula is C36H26Cl2F2N4O2.